The second-order valence-corrected chi connectivity index (χ2v) is 7.52. The van der Waals surface area contributed by atoms with Crippen molar-refractivity contribution in [2.75, 3.05) is 6.54 Å². The molecule has 6 heteroatoms. The zero-order valence-electron chi connectivity index (χ0n) is 13.0. The number of aromatic nitrogens is 2. The zero-order valence-corrected chi connectivity index (χ0v) is 13.8. The monoisotopic (exact) mass is 316 g/mol. The Morgan fingerprint density at radius 2 is 2.09 bits per heavy atom. The van der Waals surface area contributed by atoms with Crippen molar-refractivity contribution in [3.8, 4) is 0 Å². The third-order valence-electron chi connectivity index (χ3n) is 3.43. The minimum absolute atomic E-state index is 0.0443. The molecule has 2 aromatic heterocycles. The lowest BCUT2D eigenvalue weighted by molar-refractivity contribution is 0.0942. The maximum atomic E-state index is 12.5. The van der Waals surface area contributed by atoms with Gasteiger partial charge in [0.05, 0.1) is 16.7 Å². The maximum absolute atomic E-state index is 12.5. The lowest BCUT2D eigenvalue weighted by Gasteiger charge is -2.18. The zero-order chi connectivity index (χ0) is 15.9. The molecule has 0 radical (unpaired) electrons. The minimum Gasteiger partial charge on any atom is -0.351 e. The fourth-order valence-corrected chi connectivity index (χ4v) is 3.46. The maximum Gasteiger partial charge on any atom is 0.263 e. The van der Waals surface area contributed by atoms with Crippen LogP contribution in [0.1, 0.15) is 36.1 Å². The van der Waals surface area contributed by atoms with Crippen molar-refractivity contribution >= 4 is 33.2 Å². The van der Waals surface area contributed by atoms with Crippen LogP contribution in [0.15, 0.2) is 24.3 Å². The Kier molecular flexibility index (Phi) is 3.66. The van der Waals surface area contributed by atoms with Gasteiger partial charge in [-0.15, -0.1) is 0 Å². The first-order chi connectivity index (χ1) is 10.4. The Morgan fingerprint density at radius 3 is 2.77 bits per heavy atom. The highest BCUT2D eigenvalue weighted by atomic mass is 32.1. The number of hydrogen-bond acceptors (Lipinski definition) is 4. The molecule has 0 aliphatic heterocycles. The second kappa shape index (κ2) is 5.37. The van der Waals surface area contributed by atoms with Gasteiger partial charge in [-0.3, -0.25) is 9.20 Å². The molecule has 1 aromatic carbocycles. The van der Waals surface area contributed by atoms with Crippen LogP contribution in [0.3, 0.4) is 0 Å². The molecule has 22 heavy (non-hydrogen) atoms. The van der Waals surface area contributed by atoms with Gasteiger partial charge >= 0.3 is 0 Å². The van der Waals surface area contributed by atoms with E-state index in [1.807, 2.05) is 28.7 Å². The first-order valence-electron chi connectivity index (χ1n) is 7.28. The molecule has 116 valence electrons. The third-order valence-corrected chi connectivity index (χ3v) is 4.52. The molecule has 0 fully saturated rings. The summed E-state index contributed by atoms with van der Waals surface area (Å²) in [6.07, 6.45) is 0. The van der Waals surface area contributed by atoms with E-state index < -0.39 is 0 Å². The van der Waals surface area contributed by atoms with Crippen LogP contribution in [-0.4, -0.2) is 21.8 Å². The highest BCUT2D eigenvalue weighted by molar-refractivity contribution is 7.19. The van der Waals surface area contributed by atoms with Crippen LogP contribution in [0.25, 0.3) is 16.0 Å². The van der Waals surface area contributed by atoms with Crippen LogP contribution in [0.4, 0.5) is 0 Å². The van der Waals surface area contributed by atoms with E-state index >= 15 is 0 Å². The Bertz CT molecular complexity index is 841. The van der Waals surface area contributed by atoms with Crippen LogP contribution < -0.4 is 11.1 Å². The van der Waals surface area contributed by atoms with Crippen LogP contribution >= 0.6 is 11.3 Å². The number of nitrogens with zero attached hydrogens (tertiary/aromatic N) is 2. The summed E-state index contributed by atoms with van der Waals surface area (Å²) in [5.41, 5.74) is 8.68. The van der Waals surface area contributed by atoms with Crippen LogP contribution in [0.2, 0.25) is 0 Å². The number of imidazole rings is 1. The van der Waals surface area contributed by atoms with Crippen LogP contribution in [0, 0.1) is 5.41 Å². The number of thiazole rings is 1. The molecule has 5 nitrogen and oxygen atoms in total. The molecule has 0 unspecified atom stereocenters. The first kappa shape index (κ1) is 15.0. The van der Waals surface area contributed by atoms with Crippen molar-refractivity contribution in [3.63, 3.8) is 0 Å². The Morgan fingerprint density at radius 1 is 1.36 bits per heavy atom. The molecule has 0 saturated heterocycles. The molecule has 3 rings (SSSR count). The SMILES string of the molecule is CC(C)(C)CNC(=O)c1sc2nc3ccccc3n2c1CN. The fraction of sp³-hybridized carbons (Fsp3) is 0.375. The normalized spacial score (nSPS) is 12.2. The topological polar surface area (TPSA) is 72.4 Å². The predicted octanol–water partition coefficient (Wildman–Crippen LogP) is 2.78. The van der Waals surface area contributed by atoms with Crippen molar-refractivity contribution in [1.29, 1.82) is 0 Å². The minimum atomic E-state index is -0.0741. The van der Waals surface area contributed by atoms with E-state index in [1.54, 1.807) is 0 Å². The van der Waals surface area contributed by atoms with Crippen molar-refractivity contribution in [2.45, 2.75) is 27.3 Å². The average molecular weight is 316 g/mol. The molecule has 2 heterocycles. The predicted molar refractivity (Wildman–Crippen MR) is 90.3 cm³/mol. The first-order valence-corrected chi connectivity index (χ1v) is 8.09. The van der Waals surface area contributed by atoms with E-state index in [2.05, 4.69) is 31.1 Å². The summed E-state index contributed by atoms with van der Waals surface area (Å²) in [7, 11) is 0. The number of carbonyl (C=O) groups is 1. The van der Waals surface area contributed by atoms with Crippen LogP contribution in [0.5, 0.6) is 0 Å². The van der Waals surface area contributed by atoms with Gasteiger partial charge in [-0.05, 0) is 17.5 Å². The number of nitrogens with two attached hydrogens (primary N) is 1. The summed E-state index contributed by atoms with van der Waals surface area (Å²) >= 11 is 1.39. The van der Waals surface area contributed by atoms with E-state index in [0.717, 1.165) is 21.7 Å². The molecule has 0 aliphatic rings. The summed E-state index contributed by atoms with van der Waals surface area (Å²) < 4.78 is 1.99. The molecule has 1 amide bonds. The van der Waals surface area contributed by atoms with Gasteiger partial charge in [0.2, 0.25) is 0 Å². The molecule has 0 spiro atoms. The van der Waals surface area contributed by atoms with E-state index in [1.165, 1.54) is 11.3 Å². The molecular weight excluding hydrogens is 296 g/mol. The number of nitrogens with one attached hydrogen (secondary N) is 1. The molecular formula is C16H20N4OS. The second-order valence-electron chi connectivity index (χ2n) is 6.54. The summed E-state index contributed by atoms with van der Waals surface area (Å²) in [6.45, 7) is 7.19. The highest BCUT2D eigenvalue weighted by Crippen LogP contribution is 2.28. The molecule has 3 N–H and O–H groups in total. The van der Waals surface area contributed by atoms with E-state index in [4.69, 9.17) is 5.73 Å². The number of fused-ring (bicyclic) bond motifs is 3. The van der Waals surface area contributed by atoms with Gasteiger partial charge in [-0.1, -0.05) is 44.2 Å². The summed E-state index contributed by atoms with van der Waals surface area (Å²) in [5, 5.41) is 2.99. The van der Waals surface area contributed by atoms with Gasteiger partial charge in [-0.2, -0.15) is 0 Å². The molecule has 0 atom stereocenters. The van der Waals surface area contributed by atoms with E-state index in [-0.39, 0.29) is 11.3 Å². The van der Waals surface area contributed by atoms with E-state index in [9.17, 15) is 4.79 Å². The van der Waals surface area contributed by atoms with Crippen LogP contribution in [-0.2, 0) is 6.54 Å². The summed E-state index contributed by atoms with van der Waals surface area (Å²) in [5.74, 6) is -0.0741. The van der Waals surface area contributed by atoms with Gasteiger partial charge in [0.1, 0.15) is 4.88 Å². The number of rotatable bonds is 3. The highest BCUT2D eigenvalue weighted by Gasteiger charge is 2.21. The fourth-order valence-electron chi connectivity index (χ4n) is 2.37. The standard InChI is InChI=1S/C16H20N4OS/c1-16(2,3)9-18-14(21)13-12(8-17)20-11-7-5-4-6-10(11)19-15(20)22-13/h4-7H,8-9,17H2,1-3H3,(H,18,21). The number of benzene rings is 1. The summed E-state index contributed by atoms with van der Waals surface area (Å²) in [4.78, 5) is 18.5. The smallest absolute Gasteiger partial charge is 0.263 e. The number of hydrogen-bond donors (Lipinski definition) is 2. The Labute approximate surface area is 133 Å². The number of carbonyl (C=O) groups excluding carboxylic acids is 1. The van der Waals surface area contributed by atoms with Crippen molar-refractivity contribution < 1.29 is 4.79 Å². The Balaban J connectivity index is 2.05. The molecule has 3 aromatic rings. The van der Waals surface area contributed by atoms with Crippen molar-refractivity contribution in [3.05, 3.63) is 34.8 Å². The third kappa shape index (κ3) is 2.60. The average Bonchev–Trinajstić information content (AvgIpc) is 2.99. The van der Waals surface area contributed by atoms with E-state index in [0.29, 0.717) is 18.0 Å². The lowest BCUT2D eigenvalue weighted by atomic mass is 9.97. The van der Waals surface area contributed by atoms with Crippen molar-refractivity contribution in [2.24, 2.45) is 11.1 Å². The van der Waals surface area contributed by atoms with Gasteiger partial charge < -0.3 is 11.1 Å². The lowest BCUT2D eigenvalue weighted by Crippen LogP contribution is -2.32. The largest absolute Gasteiger partial charge is 0.351 e. The molecule has 0 bridgehead atoms. The Hall–Kier alpha value is -1.92. The van der Waals surface area contributed by atoms with Gasteiger partial charge in [-0.25, -0.2) is 4.98 Å². The van der Waals surface area contributed by atoms with Gasteiger partial charge in [0.25, 0.3) is 5.91 Å². The molecule has 0 aliphatic carbocycles. The molecule has 0 saturated carbocycles. The quantitative estimate of drug-likeness (QED) is 0.780. The van der Waals surface area contributed by atoms with Gasteiger partial charge in [0.15, 0.2) is 4.96 Å². The number of amides is 1. The van der Waals surface area contributed by atoms with Gasteiger partial charge in [0, 0.05) is 13.1 Å². The number of para-hydroxylation sites is 2. The summed E-state index contributed by atoms with van der Waals surface area (Å²) in [6, 6.07) is 7.89. The van der Waals surface area contributed by atoms with Crippen molar-refractivity contribution in [1.82, 2.24) is 14.7 Å².